The molecule has 1 aromatic heterocycles. The van der Waals surface area contributed by atoms with Crippen molar-refractivity contribution in [1.29, 1.82) is 0 Å². The molecule has 1 aromatic carbocycles. The first kappa shape index (κ1) is 17.6. The summed E-state index contributed by atoms with van der Waals surface area (Å²) in [6.07, 6.45) is 7.51. The van der Waals surface area contributed by atoms with Crippen molar-refractivity contribution in [3.8, 4) is 11.4 Å². The average Bonchev–Trinajstić information content (AvgIpc) is 3.15. The number of fused-ring (bicyclic) bond motifs is 1. The molecule has 1 aliphatic carbocycles. The lowest BCUT2D eigenvalue weighted by Gasteiger charge is -2.44. The number of aromatic amines is 1. The SMILES string of the molecule is Cc1ccc(-c2nc(SCC(=O)N3CCC[C@H]4CCCC[C@@H]43)n[nH]2)cc1. The number of piperidine rings is 1. The quantitative estimate of drug-likeness (QED) is 0.825. The van der Waals surface area contributed by atoms with Crippen molar-refractivity contribution >= 4 is 17.7 Å². The number of aromatic nitrogens is 3. The van der Waals surface area contributed by atoms with Gasteiger partial charge in [0.1, 0.15) is 0 Å². The molecule has 0 bridgehead atoms. The molecule has 1 saturated heterocycles. The Hall–Kier alpha value is -1.82. The van der Waals surface area contributed by atoms with E-state index in [9.17, 15) is 4.79 Å². The number of hydrogen-bond donors (Lipinski definition) is 1. The summed E-state index contributed by atoms with van der Waals surface area (Å²) in [5.41, 5.74) is 2.23. The first-order valence-corrected chi connectivity index (χ1v) is 10.6. The number of hydrogen-bond acceptors (Lipinski definition) is 4. The van der Waals surface area contributed by atoms with Gasteiger partial charge in [0.25, 0.3) is 0 Å². The summed E-state index contributed by atoms with van der Waals surface area (Å²) in [5, 5.41) is 7.90. The van der Waals surface area contributed by atoms with Crippen LogP contribution in [0, 0.1) is 12.8 Å². The van der Waals surface area contributed by atoms with Crippen LogP contribution in [0.5, 0.6) is 0 Å². The summed E-state index contributed by atoms with van der Waals surface area (Å²) in [6.45, 7) is 2.98. The Morgan fingerprint density at radius 1 is 1.19 bits per heavy atom. The van der Waals surface area contributed by atoms with Gasteiger partial charge in [0.15, 0.2) is 5.82 Å². The fourth-order valence-corrected chi connectivity index (χ4v) is 4.98. The van der Waals surface area contributed by atoms with Crippen LogP contribution in [0.15, 0.2) is 29.4 Å². The highest BCUT2D eigenvalue weighted by Gasteiger charge is 2.35. The van der Waals surface area contributed by atoms with Gasteiger partial charge in [0, 0.05) is 18.2 Å². The van der Waals surface area contributed by atoms with Gasteiger partial charge in [0.05, 0.1) is 5.75 Å². The van der Waals surface area contributed by atoms with E-state index < -0.39 is 0 Å². The van der Waals surface area contributed by atoms with E-state index in [4.69, 9.17) is 0 Å². The zero-order valence-corrected chi connectivity index (χ0v) is 16.1. The van der Waals surface area contributed by atoms with Crippen molar-refractivity contribution in [3.63, 3.8) is 0 Å². The molecule has 2 heterocycles. The molecule has 4 rings (SSSR count). The molecular weight excluding hydrogens is 344 g/mol. The number of amides is 1. The lowest BCUT2D eigenvalue weighted by molar-refractivity contribution is -0.134. The number of aryl methyl sites for hydroxylation is 1. The predicted molar refractivity (Wildman–Crippen MR) is 104 cm³/mol. The summed E-state index contributed by atoms with van der Waals surface area (Å²) in [7, 11) is 0. The molecule has 1 N–H and O–H groups in total. The second-order valence-corrected chi connectivity index (χ2v) is 8.41. The van der Waals surface area contributed by atoms with Crippen LogP contribution in [0.25, 0.3) is 11.4 Å². The molecule has 1 aliphatic heterocycles. The lowest BCUT2D eigenvalue weighted by atomic mass is 9.78. The molecule has 2 atom stereocenters. The van der Waals surface area contributed by atoms with E-state index in [0.717, 1.165) is 30.3 Å². The number of benzene rings is 1. The van der Waals surface area contributed by atoms with E-state index in [0.29, 0.717) is 17.0 Å². The van der Waals surface area contributed by atoms with Crippen LogP contribution in [0.1, 0.15) is 44.1 Å². The minimum Gasteiger partial charge on any atom is -0.339 e. The molecule has 2 aromatic rings. The Kier molecular flexibility index (Phi) is 5.29. The van der Waals surface area contributed by atoms with Crippen LogP contribution in [-0.2, 0) is 4.79 Å². The monoisotopic (exact) mass is 370 g/mol. The Morgan fingerprint density at radius 2 is 1.96 bits per heavy atom. The Morgan fingerprint density at radius 3 is 2.81 bits per heavy atom. The molecule has 5 nitrogen and oxygen atoms in total. The van der Waals surface area contributed by atoms with Crippen molar-refractivity contribution in [3.05, 3.63) is 29.8 Å². The van der Waals surface area contributed by atoms with E-state index >= 15 is 0 Å². The summed E-state index contributed by atoms with van der Waals surface area (Å²) < 4.78 is 0. The maximum Gasteiger partial charge on any atom is 0.233 e. The third-order valence-corrected chi connectivity index (χ3v) is 6.51. The molecule has 2 fully saturated rings. The van der Waals surface area contributed by atoms with Crippen molar-refractivity contribution in [1.82, 2.24) is 20.1 Å². The summed E-state index contributed by atoms with van der Waals surface area (Å²) in [5.74, 6) is 2.15. The van der Waals surface area contributed by atoms with Gasteiger partial charge >= 0.3 is 0 Å². The number of nitrogens with zero attached hydrogens (tertiary/aromatic N) is 3. The number of carbonyl (C=O) groups excluding carboxylic acids is 1. The predicted octanol–water partition coefficient (Wildman–Crippen LogP) is 4.05. The first-order valence-electron chi connectivity index (χ1n) is 9.62. The number of nitrogens with one attached hydrogen (secondary N) is 1. The molecule has 26 heavy (non-hydrogen) atoms. The van der Waals surface area contributed by atoms with Gasteiger partial charge in [-0.05, 0) is 38.5 Å². The van der Waals surface area contributed by atoms with Gasteiger partial charge in [-0.15, -0.1) is 5.10 Å². The second-order valence-electron chi connectivity index (χ2n) is 7.46. The zero-order chi connectivity index (χ0) is 17.9. The molecule has 2 aliphatic rings. The molecule has 138 valence electrons. The van der Waals surface area contributed by atoms with Crippen molar-refractivity contribution < 1.29 is 4.79 Å². The van der Waals surface area contributed by atoms with Gasteiger partial charge in [-0.2, -0.15) is 0 Å². The Balaban J connectivity index is 1.36. The molecule has 6 heteroatoms. The minimum absolute atomic E-state index is 0.244. The van der Waals surface area contributed by atoms with Crippen molar-refractivity contribution in [2.75, 3.05) is 12.3 Å². The summed E-state index contributed by atoms with van der Waals surface area (Å²) in [4.78, 5) is 19.5. The van der Waals surface area contributed by atoms with Crippen LogP contribution >= 0.6 is 11.8 Å². The number of thioether (sulfide) groups is 1. The first-order chi connectivity index (χ1) is 12.7. The van der Waals surface area contributed by atoms with E-state index in [1.807, 2.05) is 12.1 Å². The van der Waals surface area contributed by atoms with Crippen LogP contribution in [0.4, 0.5) is 0 Å². The Labute approximate surface area is 159 Å². The van der Waals surface area contributed by atoms with E-state index in [-0.39, 0.29) is 5.91 Å². The number of H-pyrrole nitrogens is 1. The highest BCUT2D eigenvalue weighted by molar-refractivity contribution is 7.99. The largest absolute Gasteiger partial charge is 0.339 e. The summed E-state index contributed by atoms with van der Waals surface area (Å²) in [6, 6.07) is 8.66. The standard InChI is InChI=1S/C20H26N4OS/c1-14-8-10-16(11-9-14)19-21-20(23-22-19)26-13-18(25)24-12-4-6-15-5-2-3-7-17(15)24/h8-11,15,17H,2-7,12-13H2,1H3,(H,21,22,23)/t15-,17+/m1/s1. The minimum atomic E-state index is 0.244. The molecular formula is C20H26N4OS. The number of rotatable bonds is 4. The number of likely N-dealkylation sites (tertiary alicyclic amines) is 1. The van der Waals surface area contributed by atoms with Gasteiger partial charge in [-0.3, -0.25) is 9.89 Å². The fraction of sp³-hybridized carbons (Fsp3) is 0.550. The third kappa shape index (κ3) is 3.80. The molecule has 0 unspecified atom stereocenters. The van der Waals surface area contributed by atoms with Gasteiger partial charge in [0.2, 0.25) is 11.1 Å². The topological polar surface area (TPSA) is 61.9 Å². The Bertz CT molecular complexity index is 755. The zero-order valence-electron chi connectivity index (χ0n) is 15.3. The van der Waals surface area contributed by atoms with E-state index in [2.05, 4.69) is 39.1 Å². The van der Waals surface area contributed by atoms with Crippen molar-refractivity contribution in [2.24, 2.45) is 5.92 Å². The maximum absolute atomic E-state index is 12.8. The van der Waals surface area contributed by atoms with Crippen LogP contribution in [0.3, 0.4) is 0 Å². The fourth-order valence-electron chi connectivity index (χ4n) is 4.30. The lowest BCUT2D eigenvalue weighted by Crippen LogP contribution is -2.50. The van der Waals surface area contributed by atoms with E-state index in [1.165, 1.54) is 49.4 Å². The highest BCUT2D eigenvalue weighted by atomic mass is 32.2. The normalized spacial score (nSPS) is 22.9. The van der Waals surface area contributed by atoms with Crippen LogP contribution in [0.2, 0.25) is 0 Å². The van der Waals surface area contributed by atoms with Gasteiger partial charge in [-0.25, -0.2) is 4.98 Å². The molecule has 0 spiro atoms. The second kappa shape index (κ2) is 7.82. The van der Waals surface area contributed by atoms with E-state index in [1.54, 1.807) is 0 Å². The number of carbonyl (C=O) groups is 1. The van der Waals surface area contributed by atoms with Gasteiger partial charge < -0.3 is 4.90 Å². The van der Waals surface area contributed by atoms with Gasteiger partial charge in [-0.1, -0.05) is 54.4 Å². The molecule has 1 saturated carbocycles. The third-order valence-electron chi connectivity index (χ3n) is 5.68. The van der Waals surface area contributed by atoms with Crippen LogP contribution in [-0.4, -0.2) is 44.3 Å². The summed E-state index contributed by atoms with van der Waals surface area (Å²) >= 11 is 1.44. The molecule has 0 radical (unpaired) electrons. The maximum atomic E-state index is 12.8. The highest BCUT2D eigenvalue weighted by Crippen LogP contribution is 2.35. The van der Waals surface area contributed by atoms with Crippen molar-refractivity contribution in [2.45, 2.75) is 56.6 Å². The average molecular weight is 371 g/mol. The molecule has 1 amide bonds. The smallest absolute Gasteiger partial charge is 0.233 e. The van der Waals surface area contributed by atoms with Crippen LogP contribution < -0.4 is 0 Å².